The van der Waals surface area contributed by atoms with Gasteiger partial charge >= 0.3 is 0 Å². The molecule has 9 aromatic rings. The maximum atomic E-state index is 2.60. The van der Waals surface area contributed by atoms with Gasteiger partial charge in [-0.15, -0.1) is 0 Å². The molecule has 1 aromatic heterocycles. The zero-order chi connectivity index (χ0) is 39.2. The molecule has 1 aliphatic heterocycles. The topological polar surface area (TPSA) is 4.93 Å². The number of fused-ring (bicyclic) bond motifs is 13. The van der Waals surface area contributed by atoms with Gasteiger partial charge in [0.15, 0.2) is 0 Å². The van der Waals surface area contributed by atoms with Gasteiger partial charge in [-0.1, -0.05) is 182 Å². The molecule has 3 aliphatic rings. The minimum atomic E-state index is -0.481. The van der Waals surface area contributed by atoms with E-state index >= 15 is 0 Å². The van der Waals surface area contributed by atoms with Gasteiger partial charge in [-0.2, -0.15) is 0 Å². The SMILES string of the molecule is CCC1=C(c2ccc3c(c2)C2(c4ccccc4-3)c3ccccc3-n3c4ccccc4c4cccc2c43)CC/C(C)=c2\ccccc2=C1c1ccc(-c2ccccc2)cc1. The molecule has 0 saturated carbocycles. The average molecular weight is 754 g/mol. The highest BCUT2D eigenvalue weighted by atomic mass is 15.0. The fraction of sp³-hybridized carbons (Fsp3) is 0.103. The number of benzene rings is 8. The summed E-state index contributed by atoms with van der Waals surface area (Å²) in [6.45, 7) is 4.70. The molecule has 0 saturated heterocycles. The lowest BCUT2D eigenvalue weighted by Gasteiger charge is -2.39. The van der Waals surface area contributed by atoms with Gasteiger partial charge in [0.1, 0.15) is 0 Å². The Morgan fingerprint density at radius 1 is 0.475 bits per heavy atom. The van der Waals surface area contributed by atoms with Crippen LogP contribution >= 0.6 is 0 Å². The minimum Gasteiger partial charge on any atom is -0.309 e. The van der Waals surface area contributed by atoms with Crippen molar-refractivity contribution < 1.29 is 0 Å². The molecule has 2 aliphatic carbocycles. The highest BCUT2D eigenvalue weighted by molar-refractivity contribution is 6.13. The summed E-state index contributed by atoms with van der Waals surface area (Å²) >= 11 is 0. The third-order valence-electron chi connectivity index (χ3n) is 13.7. The van der Waals surface area contributed by atoms with E-state index in [0.29, 0.717) is 0 Å². The summed E-state index contributed by atoms with van der Waals surface area (Å²) in [5.74, 6) is 0. The lowest BCUT2D eigenvalue weighted by molar-refractivity contribution is 0.748. The molecule has 280 valence electrons. The maximum Gasteiger partial charge on any atom is 0.0754 e. The molecule has 0 amide bonds. The Bertz CT molecular complexity index is 3360. The van der Waals surface area contributed by atoms with Gasteiger partial charge in [0, 0.05) is 10.8 Å². The second-order valence-electron chi connectivity index (χ2n) is 16.6. The van der Waals surface area contributed by atoms with Crippen molar-refractivity contribution in [1.82, 2.24) is 4.57 Å². The first-order chi connectivity index (χ1) is 29.2. The second kappa shape index (κ2) is 13.0. The number of nitrogens with zero attached hydrogens (tertiary/aromatic N) is 1. The van der Waals surface area contributed by atoms with Gasteiger partial charge in [-0.05, 0) is 127 Å². The number of rotatable bonds is 4. The first-order valence-corrected chi connectivity index (χ1v) is 21.2. The highest BCUT2D eigenvalue weighted by Crippen LogP contribution is 2.61. The van der Waals surface area contributed by atoms with Crippen LogP contribution in [0.2, 0.25) is 0 Å². The summed E-state index contributed by atoms with van der Waals surface area (Å²) in [7, 11) is 0. The van der Waals surface area contributed by atoms with E-state index in [2.05, 4.69) is 206 Å². The first kappa shape index (κ1) is 34.1. The Morgan fingerprint density at radius 2 is 1.10 bits per heavy atom. The fourth-order valence-corrected chi connectivity index (χ4v) is 11.2. The predicted octanol–water partition coefficient (Wildman–Crippen LogP) is 13.2. The molecule has 1 nitrogen and oxygen atoms in total. The molecule has 0 bridgehead atoms. The molecule has 1 atom stereocenters. The quantitative estimate of drug-likeness (QED) is 0.169. The molecule has 1 heteroatoms. The summed E-state index contributed by atoms with van der Waals surface area (Å²) in [4.78, 5) is 0. The molecule has 1 unspecified atom stereocenters. The van der Waals surface area contributed by atoms with Crippen LogP contribution in [0.5, 0.6) is 0 Å². The van der Waals surface area contributed by atoms with Crippen LogP contribution in [0.25, 0.3) is 66.5 Å². The van der Waals surface area contributed by atoms with Gasteiger partial charge in [0.05, 0.1) is 22.1 Å². The van der Waals surface area contributed by atoms with Gasteiger partial charge in [-0.25, -0.2) is 0 Å². The summed E-state index contributed by atoms with van der Waals surface area (Å²) in [5.41, 5.74) is 22.2. The molecule has 0 N–H and O–H groups in total. The smallest absolute Gasteiger partial charge is 0.0754 e. The number of para-hydroxylation sites is 3. The normalized spacial score (nSPS) is 17.4. The molecular weight excluding hydrogens is 711 g/mol. The summed E-state index contributed by atoms with van der Waals surface area (Å²) in [5, 5.41) is 5.31. The molecule has 8 aromatic carbocycles. The van der Waals surface area contributed by atoms with E-state index in [-0.39, 0.29) is 0 Å². The lowest BCUT2D eigenvalue weighted by atomic mass is 9.65. The van der Waals surface area contributed by atoms with Gasteiger partial charge in [0.25, 0.3) is 0 Å². The number of aromatic nitrogens is 1. The molecular formula is C58H43N. The summed E-state index contributed by atoms with van der Waals surface area (Å²) in [6, 6.07) is 71.0. The largest absolute Gasteiger partial charge is 0.309 e. The molecule has 1 spiro atoms. The second-order valence-corrected chi connectivity index (χ2v) is 16.6. The average Bonchev–Trinajstić information content (AvgIpc) is 3.79. The van der Waals surface area contributed by atoms with Crippen molar-refractivity contribution in [3.05, 3.63) is 237 Å². The first-order valence-electron chi connectivity index (χ1n) is 21.2. The van der Waals surface area contributed by atoms with Crippen molar-refractivity contribution in [2.75, 3.05) is 0 Å². The third kappa shape index (κ3) is 4.73. The molecule has 0 fully saturated rings. The van der Waals surface area contributed by atoms with Crippen LogP contribution in [0.1, 0.15) is 66.5 Å². The van der Waals surface area contributed by atoms with E-state index in [4.69, 9.17) is 0 Å². The number of hydrogen-bond acceptors (Lipinski definition) is 0. The minimum absolute atomic E-state index is 0.481. The third-order valence-corrected chi connectivity index (χ3v) is 13.7. The maximum absolute atomic E-state index is 2.60. The number of hydrogen-bond donors (Lipinski definition) is 0. The lowest BCUT2D eigenvalue weighted by Crippen LogP contribution is -2.33. The van der Waals surface area contributed by atoms with E-state index in [1.54, 1.807) is 0 Å². The van der Waals surface area contributed by atoms with Crippen LogP contribution < -0.4 is 10.4 Å². The van der Waals surface area contributed by atoms with Crippen LogP contribution in [0.4, 0.5) is 0 Å². The van der Waals surface area contributed by atoms with Crippen molar-refractivity contribution in [1.29, 1.82) is 0 Å². The van der Waals surface area contributed by atoms with Crippen molar-refractivity contribution in [3.8, 4) is 27.9 Å². The Labute approximate surface area is 345 Å². The zero-order valence-corrected chi connectivity index (χ0v) is 33.5. The molecule has 12 rings (SSSR count). The van der Waals surface area contributed by atoms with Crippen LogP contribution in [0, 0.1) is 0 Å². The molecule has 59 heavy (non-hydrogen) atoms. The Morgan fingerprint density at radius 3 is 1.95 bits per heavy atom. The van der Waals surface area contributed by atoms with Crippen LogP contribution in [-0.2, 0) is 5.41 Å². The highest BCUT2D eigenvalue weighted by Gasteiger charge is 2.50. The van der Waals surface area contributed by atoms with E-state index < -0.39 is 5.41 Å². The van der Waals surface area contributed by atoms with Crippen molar-refractivity contribution >= 4 is 38.5 Å². The monoisotopic (exact) mass is 753 g/mol. The van der Waals surface area contributed by atoms with Gasteiger partial charge in [-0.3, -0.25) is 0 Å². The molecule has 2 heterocycles. The van der Waals surface area contributed by atoms with Crippen LogP contribution in [-0.4, -0.2) is 4.57 Å². The van der Waals surface area contributed by atoms with Crippen molar-refractivity contribution in [2.45, 2.75) is 38.5 Å². The Kier molecular flexibility index (Phi) is 7.53. The van der Waals surface area contributed by atoms with Gasteiger partial charge in [0.2, 0.25) is 0 Å². The zero-order valence-electron chi connectivity index (χ0n) is 33.5. The Hall–Kier alpha value is -6.96. The standard InChI is InChI=1S/C58H43N/c1-3-42-44(34-28-37(2)43-18-7-8-21-48(43)56(42)40-31-29-39(30-32-40)38-16-5-4-6-17-38)41-33-35-46-45-19-9-11-23-50(45)58(53(46)36-41)51-24-12-14-27-55(51)59-54-26-13-10-20-47(54)49-22-15-25-52(58)57(49)59/h4-27,29-33,35-36H,3,28,34H2,1-2H3/b43-37+,44-42?,56-48?. The van der Waals surface area contributed by atoms with E-state index in [1.807, 2.05) is 0 Å². The molecule has 0 radical (unpaired) electrons. The van der Waals surface area contributed by atoms with E-state index in [0.717, 1.165) is 19.3 Å². The summed E-state index contributed by atoms with van der Waals surface area (Å²) in [6.07, 6.45) is 2.93. The predicted molar refractivity (Wildman–Crippen MR) is 247 cm³/mol. The fourth-order valence-electron chi connectivity index (χ4n) is 11.2. The number of allylic oxidation sites excluding steroid dienone is 2. The summed E-state index contributed by atoms with van der Waals surface area (Å²) < 4.78 is 2.54. The van der Waals surface area contributed by atoms with Crippen LogP contribution in [0.3, 0.4) is 0 Å². The van der Waals surface area contributed by atoms with Crippen LogP contribution in [0.15, 0.2) is 194 Å². The van der Waals surface area contributed by atoms with Gasteiger partial charge < -0.3 is 4.57 Å². The van der Waals surface area contributed by atoms with E-state index in [9.17, 15) is 0 Å². The van der Waals surface area contributed by atoms with Crippen molar-refractivity contribution in [3.63, 3.8) is 0 Å². The van der Waals surface area contributed by atoms with E-state index in [1.165, 1.54) is 116 Å². The van der Waals surface area contributed by atoms with Crippen molar-refractivity contribution in [2.24, 2.45) is 0 Å². The Balaban J connectivity index is 1.15.